The van der Waals surface area contributed by atoms with Crippen LogP contribution in [0.2, 0.25) is 10.0 Å². The number of carboxylic acids is 1. The zero-order valence-corrected chi connectivity index (χ0v) is 12.6. The highest BCUT2D eigenvalue weighted by Gasteiger charge is 2.21. The molecule has 0 aliphatic heterocycles. The van der Waals surface area contributed by atoms with E-state index in [1.807, 2.05) is 13.8 Å². The van der Waals surface area contributed by atoms with Crippen molar-refractivity contribution in [2.24, 2.45) is 5.92 Å². The minimum absolute atomic E-state index is 0.139. The molecule has 0 saturated heterocycles. The summed E-state index contributed by atoms with van der Waals surface area (Å²) in [6.07, 6.45) is 0.332. The lowest BCUT2D eigenvalue weighted by atomic mass is 10.0. The van der Waals surface area contributed by atoms with Crippen molar-refractivity contribution in [2.75, 3.05) is 5.32 Å². The number of amides is 2. The number of para-hydroxylation sites is 1. The van der Waals surface area contributed by atoms with E-state index < -0.39 is 18.0 Å². The molecule has 20 heavy (non-hydrogen) atoms. The highest BCUT2D eigenvalue weighted by atomic mass is 35.5. The van der Waals surface area contributed by atoms with E-state index in [1.165, 1.54) is 0 Å². The Labute approximate surface area is 127 Å². The van der Waals surface area contributed by atoms with Crippen LogP contribution < -0.4 is 10.6 Å². The van der Waals surface area contributed by atoms with Gasteiger partial charge in [-0.3, -0.25) is 0 Å². The Morgan fingerprint density at radius 1 is 1.25 bits per heavy atom. The van der Waals surface area contributed by atoms with Crippen LogP contribution in [-0.4, -0.2) is 23.1 Å². The molecule has 1 aromatic carbocycles. The maximum Gasteiger partial charge on any atom is 0.326 e. The van der Waals surface area contributed by atoms with Crippen molar-refractivity contribution >= 4 is 40.9 Å². The summed E-state index contributed by atoms with van der Waals surface area (Å²) in [5, 5.41) is 14.5. The standard InChI is InChI=1S/C13H16Cl2N2O3/c1-7(2)6-10(12(18)19)16-13(20)17-11-8(14)4-3-5-9(11)15/h3-5,7,10H,6H2,1-2H3,(H,18,19)(H2,16,17,20)/t10-/m1/s1. The predicted octanol–water partition coefficient (Wildman–Crippen LogP) is 3.61. The Bertz CT molecular complexity index is 486. The molecule has 0 fully saturated rings. The van der Waals surface area contributed by atoms with Crippen molar-refractivity contribution in [3.05, 3.63) is 28.2 Å². The van der Waals surface area contributed by atoms with E-state index >= 15 is 0 Å². The Hall–Kier alpha value is -1.46. The molecular weight excluding hydrogens is 303 g/mol. The minimum atomic E-state index is -1.08. The Kier molecular flexibility index (Phi) is 6.10. The fourth-order valence-electron chi connectivity index (χ4n) is 1.62. The van der Waals surface area contributed by atoms with Crippen LogP contribution in [0.1, 0.15) is 20.3 Å². The van der Waals surface area contributed by atoms with E-state index in [4.69, 9.17) is 28.3 Å². The summed E-state index contributed by atoms with van der Waals surface area (Å²) in [5.41, 5.74) is 0.252. The van der Waals surface area contributed by atoms with Crippen LogP contribution in [0.25, 0.3) is 0 Å². The molecule has 0 radical (unpaired) electrons. The summed E-state index contributed by atoms with van der Waals surface area (Å²) < 4.78 is 0. The number of halogens is 2. The smallest absolute Gasteiger partial charge is 0.326 e. The highest BCUT2D eigenvalue weighted by Crippen LogP contribution is 2.29. The summed E-state index contributed by atoms with van der Waals surface area (Å²) >= 11 is 11.8. The van der Waals surface area contributed by atoms with Gasteiger partial charge in [0.25, 0.3) is 0 Å². The third-order valence-electron chi connectivity index (χ3n) is 2.51. The van der Waals surface area contributed by atoms with Gasteiger partial charge in [-0.1, -0.05) is 43.1 Å². The number of rotatable bonds is 5. The number of benzene rings is 1. The van der Waals surface area contributed by atoms with Gasteiger partial charge in [0, 0.05) is 0 Å². The lowest BCUT2D eigenvalue weighted by molar-refractivity contribution is -0.139. The number of hydrogen-bond donors (Lipinski definition) is 3. The molecule has 0 bridgehead atoms. The summed E-state index contributed by atoms with van der Waals surface area (Å²) in [5.74, 6) is -0.945. The van der Waals surface area contributed by atoms with E-state index in [9.17, 15) is 9.59 Å². The Morgan fingerprint density at radius 3 is 2.25 bits per heavy atom. The molecule has 3 N–H and O–H groups in total. The molecular formula is C13H16Cl2N2O3. The van der Waals surface area contributed by atoms with Crippen LogP contribution in [-0.2, 0) is 4.79 Å². The molecule has 110 valence electrons. The van der Waals surface area contributed by atoms with Crippen LogP contribution in [0, 0.1) is 5.92 Å². The molecule has 0 spiro atoms. The maximum atomic E-state index is 11.8. The highest BCUT2D eigenvalue weighted by molar-refractivity contribution is 6.39. The summed E-state index contributed by atoms with van der Waals surface area (Å²) in [4.78, 5) is 22.9. The maximum absolute atomic E-state index is 11.8. The number of anilines is 1. The molecule has 0 unspecified atom stereocenters. The zero-order valence-electron chi connectivity index (χ0n) is 11.1. The van der Waals surface area contributed by atoms with Crippen LogP contribution in [0.4, 0.5) is 10.5 Å². The first-order valence-corrected chi connectivity index (χ1v) is 6.81. The first kappa shape index (κ1) is 16.6. The number of hydrogen-bond acceptors (Lipinski definition) is 2. The average molecular weight is 319 g/mol. The summed E-state index contributed by atoms with van der Waals surface area (Å²) in [7, 11) is 0. The van der Waals surface area contributed by atoms with E-state index in [1.54, 1.807) is 18.2 Å². The number of aliphatic carboxylic acids is 1. The molecule has 0 aromatic heterocycles. The molecule has 5 nitrogen and oxygen atoms in total. The summed E-state index contributed by atoms with van der Waals surface area (Å²) in [6, 6.07) is 3.17. The fourth-order valence-corrected chi connectivity index (χ4v) is 2.11. The first-order valence-electron chi connectivity index (χ1n) is 6.05. The van der Waals surface area contributed by atoms with E-state index in [0.29, 0.717) is 6.42 Å². The van der Waals surface area contributed by atoms with Gasteiger partial charge in [0.2, 0.25) is 0 Å². The second kappa shape index (κ2) is 7.36. The number of carbonyl (C=O) groups excluding carboxylic acids is 1. The number of urea groups is 1. The van der Waals surface area contributed by atoms with Gasteiger partial charge in [0.05, 0.1) is 15.7 Å². The molecule has 2 amide bonds. The van der Waals surface area contributed by atoms with Gasteiger partial charge in [-0.2, -0.15) is 0 Å². The zero-order chi connectivity index (χ0) is 15.3. The number of carbonyl (C=O) groups is 2. The average Bonchev–Trinajstić information content (AvgIpc) is 2.32. The lowest BCUT2D eigenvalue weighted by Gasteiger charge is -2.17. The molecule has 1 atom stereocenters. The molecule has 0 aliphatic carbocycles. The third-order valence-corrected chi connectivity index (χ3v) is 3.14. The van der Waals surface area contributed by atoms with E-state index in [-0.39, 0.29) is 21.7 Å². The molecule has 1 aromatic rings. The number of nitrogens with one attached hydrogen (secondary N) is 2. The lowest BCUT2D eigenvalue weighted by Crippen LogP contribution is -2.43. The van der Waals surface area contributed by atoms with Crippen molar-refractivity contribution < 1.29 is 14.7 Å². The van der Waals surface area contributed by atoms with Crippen LogP contribution in [0.15, 0.2) is 18.2 Å². The van der Waals surface area contributed by atoms with E-state index in [0.717, 1.165) is 0 Å². The SMILES string of the molecule is CC(C)C[C@@H](NC(=O)Nc1c(Cl)cccc1Cl)C(=O)O. The van der Waals surface area contributed by atoms with Crippen LogP contribution in [0.5, 0.6) is 0 Å². The van der Waals surface area contributed by atoms with Crippen molar-refractivity contribution in [3.8, 4) is 0 Å². The fraction of sp³-hybridized carbons (Fsp3) is 0.385. The third kappa shape index (κ3) is 4.90. The topological polar surface area (TPSA) is 78.4 Å². The monoisotopic (exact) mass is 318 g/mol. The summed E-state index contributed by atoms with van der Waals surface area (Å²) in [6.45, 7) is 3.75. The van der Waals surface area contributed by atoms with Crippen molar-refractivity contribution in [2.45, 2.75) is 26.3 Å². The largest absolute Gasteiger partial charge is 0.480 e. The van der Waals surface area contributed by atoms with Crippen molar-refractivity contribution in [1.29, 1.82) is 0 Å². The molecule has 7 heteroatoms. The quantitative estimate of drug-likeness (QED) is 0.775. The predicted molar refractivity (Wildman–Crippen MR) is 79.5 cm³/mol. The Balaban J connectivity index is 2.73. The number of carboxylic acid groups (broad SMARTS) is 1. The normalized spacial score (nSPS) is 12.1. The van der Waals surface area contributed by atoms with Gasteiger partial charge in [-0.25, -0.2) is 9.59 Å². The second-order valence-corrected chi connectivity index (χ2v) is 5.53. The first-order chi connectivity index (χ1) is 9.31. The van der Waals surface area contributed by atoms with E-state index in [2.05, 4.69) is 10.6 Å². The van der Waals surface area contributed by atoms with Crippen LogP contribution >= 0.6 is 23.2 Å². The van der Waals surface area contributed by atoms with Crippen LogP contribution in [0.3, 0.4) is 0 Å². The second-order valence-electron chi connectivity index (χ2n) is 4.72. The van der Waals surface area contributed by atoms with Gasteiger partial charge in [-0.15, -0.1) is 0 Å². The molecule has 0 heterocycles. The van der Waals surface area contributed by atoms with Gasteiger partial charge in [-0.05, 0) is 24.5 Å². The molecule has 1 rings (SSSR count). The van der Waals surface area contributed by atoms with Gasteiger partial charge >= 0.3 is 12.0 Å². The van der Waals surface area contributed by atoms with Crippen molar-refractivity contribution in [3.63, 3.8) is 0 Å². The van der Waals surface area contributed by atoms with Crippen molar-refractivity contribution in [1.82, 2.24) is 5.32 Å². The molecule has 0 aliphatic rings. The van der Waals surface area contributed by atoms with Gasteiger partial charge in [0.1, 0.15) is 6.04 Å². The Morgan fingerprint density at radius 2 is 1.80 bits per heavy atom. The van der Waals surface area contributed by atoms with Gasteiger partial charge in [0.15, 0.2) is 0 Å². The molecule has 0 saturated carbocycles. The minimum Gasteiger partial charge on any atom is -0.480 e. The van der Waals surface area contributed by atoms with Gasteiger partial charge < -0.3 is 15.7 Å².